The molecule has 6 nitrogen and oxygen atoms in total. The van der Waals surface area contributed by atoms with Crippen LogP contribution in [0.1, 0.15) is 48.5 Å². The molecule has 0 saturated heterocycles. The van der Waals surface area contributed by atoms with Gasteiger partial charge in [-0.15, -0.1) is 0 Å². The van der Waals surface area contributed by atoms with E-state index in [2.05, 4.69) is 42.0 Å². The molecule has 32 heavy (non-hydrogen) atoms. The van der Waals surface area contributed by atoms with E-state index in [0.717, 1.165) is 48.3 Å². The van der Waals surface area contributed by atoms with Gasteiger partial charge in [-0.25, -0.2) is 4.98 Å². The minimum Gasteiger partial charge on any atom is -0.400 e. The summed E-state index contributed by atoms with van der Waals surface area (Å²) in [5.41, 5.74) is 7.90. The van der Waals surface area contributed by atoms with Crippen molar-refractivity contribution in [1.29, 1.82) is 10.8 Å². The lowest BCUT2D eigenvalue weighted by Gasteiger charge is -2.08. The summed E-state index contributed by atoms with van der Waals surface area (Å²) in [6.07, 6.45) is 1.51. The van der Waals surface area contributed by atoms with E-state index in [1.807, 2.05) is 36.4 Å². The Morgan fingerprint density at radius 3 is 2.03 bits per heavy atom. The van der Waals surface area contributed by atoms with E-state index in [-0.39, 0.29) is 6.61 Å². The van der Waals surface area contributed by atoms with Crippen molar-refractivity contribution < 1.29 is 10.2 Å². The van der Waals surface area contributed by atoms with Gasteiger partial charge in [0.1, 0.15) is 0 Å². The van der Waals surface area contributed by atoms with Crippen molar-refractivity contribution >= 4 is 11.4 Å². The van der Waals surface area contributed by atoms with Crippen LogP contribution in [0.2, 0.25) is 0 Å². The molecular weight excluding hydrogens is 400 g/mol. The summed E-state index contributed by atoms with van der Waals surface area (Å²) in [5, 5.41) is 30.7. The van der Waals surface area contributed by atoms with E-state index >= 15 is 0 Å². The first-order valence-electron chi connectivity index (χ1n) is 10.5. The second-order valence-corrected chi connectivity index (χ2v) is 7.32. The second-order valence-electron chi connectivity index (χ2n) is 7.32. The van der Waals surface area contributed by atoms with Crippen LogP contribution in [-0.2, 0) is 6.42 Å². The molecule has 0 amide bonds. The van der Waals surface area contributed by atoms with Gasteiger partial charge in [0.15, 0.2) is 0 Å². The molecule has 2 aromatic heterocycles. The third-order valence-corrected chi connectivity index (χ3v) is 4.58. The summed E-state index contributed by atoms with van der Waals surface area (Å²) in [7, 11) is 1.00. The maximum atomic E-state index is 8.64. The van der Waals surface area contributed by atoms with Crippen molar-refractivity contribution in [2.45, 2.75) is 40.5 Å². The Kier molecular flexibility index (Phi) is 11.7. The number of benzene rings is 1. The number of aryl methyl sites for hydroxylation is 3. The van der Waals surface area contributed by atoms with Gasteiger partial charge in [0.2, 0.25) is 0 Å². The normalized spacial score (nSPS) is 9.72. The molecule has 0 aliphatic heterocycles. The Morgan fingerprint density at radius 1 is 0.844 bits per heavy atom. The van der Waals surface area contributed by atoms with Gasteiger partial charge in [-0.2, -0.15) is 0 Å². The number of aliphatic hydroxyl groups is 2. The van der Waals surface area contributed by atoms with Crippen LogP contribution in [-0.4, -0.2) is 45.3 Å². The number of hydrogen-bond donors (Lipinski definition) is 4. The molecule has 3 aromatic rings. The highest BCUT2D eigenvalue weighted by Gasteiger charge is 2.05. The molecule has 0 aliphatic carbocycles. The average Bonchev–Trinajstić information content (AvgIpc) is 2.81. The first-order valence-corrected chi connectivity index (χ1v) is 10.5. The smallest absolute Gasteiger partial charge is 0.0841 e. The molecule has 6 heteroatoms. The maximum absolute atomic E-state index is 8.64. The van der Waals surface area contributed by atoms with E-state index in [1.165, 1.54) is 11.1 Å². The Hall–Kier alpha value is -3.22. The van der Waals surface area contributed by atoms with Gasteiger partial charge in [0.25, 0.3) is 0 Å². The number of pyridine rings is 2. The largest absolute Gasteiger partial charge is 0.400 e. The molecule has 0 fully saturated rings. The lowest BCUT2D eigenvalue weighted by atomic mass is 10.0. The minimum atomic E-state index is 0.190. The Labute approximate surface area is 191 Å². The third-order valence-electron chi connectivity index (χ3n) is 4.58. The first-order chi connectivity index (χ1) is 15.3. The van der Waals surface area contributed by atoms with Crippen LogP contribution in [0.3, 0.4) is 0 Å². The van der Waals surface area contributed by atoms with Crippen molar-refractivity contribution in [3.05, 3.63) is 82.8 Å². The van der Waals surface area contributed by atoms with Gasteiger partial charge in [0.05, 0.1) is 28.5 Å². The molecule has 0 saturated carbocycles. The SMILES string of the molecule is CC(=N)c1cccc(-c2cc(C)ccc2C)n1.CC(=N)c1cccc(CCCO)n1.CO. The van der Waals surface area contributed by atoms with Crippen LogP contribution in [0.25, 0.3) is 11.3 Å². The summed E-state index contributed by atoms with van der Waals surface area (Å²) >= 11 is 0. The third kappa shape index (κ3) is 8.49. The fraction of sp³-hybridized carbons (Fsp3) is 0.308. The van der Waals surface area contributed by atoms with Crippen molar-refractivity contribution in [2.75, 3.05) is 13.7 Å². The van der Waals surface area contributed by atoms with Gasteiger partial charge in [-0.1, -0.05) is 29.8 Å². The molecule has 2 heterocycles. The topological polar surface area (TPSA) is 114 Å². The van der Waals surface area contributed by atoms with Crippen LogP contribution in [0.15, 0.2) is 54.6 Å². The van der Waals surface area contributed by atoms with Gasteiger partial charge >= 0.3 is 0 Å². The minimum absolute atomic E-state index is 0.190. The fourth-order valence-electron chi connectivity index (χ4n) is 2.89. The zero-order chi connectivity index (χ0) is 24.1. The highest BCUT2D eigenvalue weighted by Crippen LogP contribution is 2.23. The van der Waals surface area contributed by atoms with Crippen molar-refractivity contribution in [3.8, 4) is 11.3 Å². The molecule has 3 rings (SSSR count). The van der Waals surface area contributed by atoms with Gasteiger partial charge in [-0.3, -0.25) is 4.98 Å². The van der Waals surface area contributed by atoms with Gasteiger partial charge < -0.3 is 21.0 Å². The van der Waals surface area contributed by atoms with Crippen molar-refractivity contribution in [1.82, 2.24) is 9.97 Å². The fourth-order valence-corrected chi connectivity index (χ4v) is 2.89. The van der Waals surface area contributed by atoms with E-state index in [4.69, 9.17) is 21.0 Å². The predicted octanol–water partition coefficient (Wildman–Crippen LogP) is 4.76. The average molecular weight is 435 g/mol. The maximum Gasteiger partial charge on any atom is 0.0841 e. The molecular formula is C26H34N4O2. The van der Waals surface area contributed by atoms with Crippen LogP contribution >= 0.6 is 0 Å². The molecule has 4 N–H and O–H groups in total. The summed E-state index contributed by atoms with van der Waals surface area (Å²) in [4.78, 5) is 8.79. The summed E-state index contributed by atoms with van der Waals surface area (Å²) in [6, 6.07) is 17.8. The van der Waals surface area contributed by atoms with Crippen LogP contribution in [0.4, 0.5) is 0 Å². The van der Waals surface area contributed by atoms with E-state index < -0.39 is 0 Å². The molecule has 0 bridgehead atoms. The van der Waals surface area contributed by atoms with Crippen LogP contribution in [0, 0.1) is 24.7 Å². The summed E-state index contributed by atoms with van der Waals surface area (Å²) in [6.45, 7) is 7.83. The standard InChI is InChI=1S/C15H16N2.C10H14N2O.CH4O/c1-10-7-8-11(2)13(9-10)15-6-4-5-14(17-15)12(3)16;1-8(11)10-6-2-4-9(12-10)5-3-7-13;1-2/h4-9,16H,1-3H3;2,4,6,11,13H,3,5,7H2,1H3;2H,1H3. The Balaban J connectivity index is 0.000000307. The number of nitrogens with zero attached hydrogens (tertiary/aromatic N) is 2. The Bertz CT molecular complexity index is 1030. The molecule has 170 valence electrons. The summed E-state index contributed by atoms with van der Waals surface area (Å²) < 4.78 is 0. The van der Waals surface area contributed by atoms with Crippen LogP contribution in [0.5, 0.6) is 0 Å². The first kappa shape index (κ1) is 26.8. The zero-order valence-electron chi connectivity index (χ0n) is 19.6. The van der Waals surface area contributed by atoms with E-state index in [1.54, 1.807) is 13.8 Å². The Morgan fingerprint density at radius 2 is 1.44 bits per heavy atom. The number of hydrogen-bond acceptors (Lipinski definition) is 6. The van der Waals surface area contributed by atoms with E-state index in [9.17, 15) is 0 Å². The monoisotopic (exact) mass is 434 g/mol. The number of rotatable bonds is 6. The van der Waals surface area contributed by atoms with E-state index in [0.29, 0.717) is 11.4 Å². The number of aliphatic hydroxyl groups excluding tert-OH is 2. The summed E-state index contributed by atoms with van der Waals surface area (Å²) in [5.74, 6) is 0. The molecule has 0 radical (unpaired) electrons. The lowest BCUT2D eigenvalue weighted by molar-refractivity contribution is 0.288. The zero-order valence-corrected chi connectivity index (χ0v) is 19.6. The van der Waals surface area contributed by atoms with Crippen LogP contribution < -0.4 is 0 Å². The lowest BCUT2D eigenvalue weighted by Crippen LogP contribution is -2.00. The number of nitrogens with one attached hydrogen (secondary N) is 2. The predicted molar refractivity (Wildman–Crippen MR) is 132 cm³/mol. The van der Waals surface area contributed by atoms with Gasteiger partial charge in [0, 0.05) is 25.0 Å². The number of aromatic nitrogens is 2. The van der Waals surface area contributed by atoms with Crippen molar-refractivity contribution in [2.24, 2.45) is 0 Å². The quantitative estimate of drug-likeness (QED) is 0.419. The van der Waals surface area contributed by atoms with Crippen molar-refractivity contribution in [3.63, 3.8) is 0 Å². The second kappa shape index (κ2) is 14.0. The molecule has 0 aliphatic rings. The highest BCUT2D eigenvalue weighted by molar-refractivity contribution is 5.95. The highest BCUT2D eigenvalue weighted by atomic mass is 16.3. The molecule has 1 aromatic carbocycles. The molecule has 0 atom stereocenters. The molecule has 0 spiro atoms. The molecule has 0 unspecified atom stereocenters. The van der Waals surface area contributed by atoms with Gasteiger partial charge in [-0.05, 0) is 76.4 Å².